The molecular weight excluding hydrogens is 238 g/mol. The zero-order valence-electron chi connectivity index (χ0n) is 9.67. The fourth-order valence-corrected chi connectivity index (χ4v) is 3.18. The minimum absolute atomic E-state index is 0.342. The number of nitrogens with zero attached hydrogens (tertiary/aromatic N) is 1. The van der Waals surface area contributed by atoms with Crippen LogP contribution in [0.3, 0.4) is 0 Å². The molecule has 1 heterocycles. The van der Waals surface area contributed by atoms with Crippen molar-refractivity contribution in [1.29, 1.82) is 0 Å². The van der Waals surface area contributed by atoms with Gasteiger partial charge in [0, 0.05) is 19.5 Å². The molecule has 0 amide bonds. The van der Waals surface area contributed by atoms with E-state index < -0.39 is 10.0 Å². The maximum Gasteiger partial charge on any atom is 0.243 e. The van der Waals surface area contributed by atoms with Gasteiger partial charge in [0.05, 0.1) is 17.8 Å². The number of hydrogen-bond donors (Lipinski definition) is 0. The average Bonchev–Trinajstić information content (AvgIpc) is 2.40. The summed E-state index contributed by atoms with van der Waals surface area (Å²) in [4.78, 5) is 0.342. The second kappa shape index (κ2) is 4.89. The number of benzene rings is 1. The van der Waals surface area contributed by atoms with E-state index in [1.54, 1.807) is 37.4 Å². The lowest BCUT2D eigenvalue weighted by atomic mass is 10.2. The molecule has 17 heavy (non-hydrogen) atoms. The first-order valence-electron chi connectivity index (χ1n) is 5.43. The van der Waals surface area contributed by atoms with Gasteiger partial charge >= 0.3 is 0 Å². The predicted molar refractivity (Wildman–Crippen MR) is 64.9 cm³/mol. The van der Waals surface area contributed by atoms with Crippen molar-refractivity contribution in [3.05, 3.63) is 42.2 Å². The Kier molecular flexibility index (Phi) is 3.49. The minimum Gasteiger partial charge on any atom is -0.501 e. The average molecular weight is 253 g/mol. The van der Waals surface area contributed by atoms with E-state index in [4.69, 9.17) is 4.74 Å². The van der Waals surface area contributed by atoms with Gasteiger partial charge in [0.25, 0.3) is 0 Å². The maximum absolute atomic E-state index is 12.2. The van der Waals surface area contributed by atoms with Crippen molar-refractivity contribution in [1.82, 2.24) is 4.31 Å². The van der Waals surface area contributed by atoms with E-state index in [2.05, 4.69) is 0 Å². The summed E-state index contributed by atoms with van der Waals surface area (Å²) in [5.74, 6) is 0.851. The summed E-state index contributed by atoms with van der Waals surface area (Å²) in [5, 5.41) is 0. The highest BCUT2D eigenvalue weighted by Gasteiger charge is 2.25. The molecule has 0 aromatic heterocycles. The van der Waals surface area contributed by atoms with Gasteiger partial charge in [0.2, 0.25) is 10.0 Å². The Morgan fingerprint density at radius 2 is 1.94 bits per heavy atom. The molecule has 1 aliphatic heterocycles. The van der Waals surface area contributed by atoms with Crippen LogP contribution < -0.4 is 0 Å². The van der Waals surface area contributed by atoms with Crippen molar-refractivity contribution in [2.75, 3.05) is 20.2 Å². The molecule has 1 aromatic rings. The predicted octanol–water partition coefficient (Wildman–Crippen LogP) is 1.61. The first-order valence-corrected chi connectivity index (χ1v) is 6.87. The van der Waals surface area contributed by atoms with E-state index >= 15 is 0 Å². The van der Waals surface area contributed by atoms with Crippen LogP contribution in [0.15, 0.2) is 47.1 Å². The number of methoxy groups -OCH3 is 1. The van der Waals surface area contributed by atoms with Gasteiger partial charge in [-0.25, -0.2) is 8.42 Å². The third kappa shape index (κ3) is 2.50. The Morgan fingerprint density at radius 3 is 2.47 bits per heavy atom. The lowest BCUT2D eigenvalue weighted by molar-refractivity contribution is 0.254. The summed E-state index contributed by atoms with van der Waals surface area (Å²) in [6.07, 6.45) is 2.44. The van der Waals surface area contributed by atoms with E-state index in [-0.39, 0.29) is 0 Å². The molecule has 0 saturated carbocycles. The summed E-state index contributed by atoms with van der Waals surface area (Å²) >= 11 is 0. The fourth-order valence-electron chi connectivity index (χ4n) is 1.78. The molecule has 0 saturated heterocycles. The molecule has 0 spiro atoms. The molecule has 1 aromatic carbocycles. The molecule has 4 nitrogen and oxygen atoms in total. The number of hydrogen-bond acceptors (Lipinski definition) is 3. The largest absolute Gasteiger partial charge is 0.501 e. The molecular formula is C12H15NO3S. The van der Waals surface area contributed by atoms with Gasteiger partial charge in [0.15, 0.2) is 0 Å². The second-order valence-corrected chi connectivity index (χ2v) is 5.74. The molecule has 0 atom stereocenters. The summed E-state index contributed by atoms with van der Waals surface area (Å²) in [7, 11) is -1.76. The lowest BCUT2D eigenvalue weighted by Gasteiger charge is -2.25. The summed E-state index contributed by atoms with van der Waals surface area (Å²) in [5.41, 5.74) is 0. The van der Waals surface area contributed by atoms with Crippen LogP contribution >= 0.6 is 0 Å². The van der Waals surface area contributed by atoms with Crippen LogP contribution in [0.1, 0.15) is 6.42 Å². The molecule has 0 N–H and O–H groups in total. The van der Waals surface area contributed by atoms with Gasteiger partial charge in [-0.1, -0.05) is 18.2 Å². The van der Waals surface area contributed by atoms with Crippen molar-refractivity contribution in [2.24, 2.45) is 0 Å². The van der Waals surface area contributed by atoms with Gasteiger partial charge in [-0.2, -0.15) is 4.31 Å². The summed E-state index contributed by atoms with van der Waals surface area (Å²) < 4.78 is 31.0. The topological polar surface area (TPSA) is 46.6 Å². The minimum atomic E-state index is -3.36. The molecule has 2 rings (SSSR count). The molecule has 0 aliphatic carbocycles. The summed E-state index contributed by atoms with van der Waals surface area (Å²) in [6.45, 7) is 0.845. The van der Waals surface area contributed by atoms with Gasteiger partial charge in [-0.05, 0) is 18.2 Å². The second-order valence-electron chi connectivity index (χ2n) is 3.80. The molecule has 0 fully saturated rings. The standard InChI is InChI=1S/C12H15NO3S/c1-16-11-7-9-13(10-8-11)17(14,15)12-5-3-2-4-6-12/h2-7H,8-10H2,1H3. The van der Waals surface area contributed by atoms with Crippen LogP contribution in [0.5, 0.6) is 0 Å². The Bertz CT molecular complexity index is 508. The SMILES string of the molecule is COC1=CCN(S(=O)(=O)c2ccccc2)CC1. The molecule has 5 heteroatoms. The Labute approximate surface area is 102 Å². The third-order valence-corrected chi connectivity index (χ3v) is 4.65. The van der Waals surface area contributed by atoms with E-state index in [0.717, 1.165) is 5.76 Å². The zero-order valence-corrected chi connectivity index (χ0v) is 10.5. The van der Waals surface area contributed by atoms with Crippen LogP contribution in [-0.4, -0.2) is 32.9 Å². The molecule has 92 valence electrons. The number of sulfonamides is 1. The van der Waals surface area contributed by atoms with Gasteiger partial charge < -0.3 is 4.74 Å². The van der Waals surface area contributed by atoms with E-state index in [1.165, 1.54) is 4.31 Å². The molecule has 0 bridgehead atoms. The fraction of sp³-hybridized carbons (Fsp3) is 0.333. The van der Waals surface area contributed by atoms with Crippen molar-refractivity contribution < 1.29 is 13.2 Å². The number of rotatable bonds is 3. The van der Waals surface area contributed by atoms with Crippen molar-refractivity contribution >= 4 is 10.0 Å². The third-order valence-electron chi connectivity index (χ3n) is 2.77. The van der Waals surface area contributed by atoms with Crippen molar-refractivity contribution in [3.8, 4) is 0 Å². The van der Waals surface area contributed by atoms with E-state index in [9.17, 15) is 8.42 Å². The highest BCUT2D eigenvalue weighted by atomic mass is 32.2. The van der Waals surface area contributed by atoms with Gasteiger partial charge in [-0.15, -0.1) is 0 Å². The van der Waals surface area contributed by atoms with E-state index in [0.29, 0.717) is 24.4 Å². The zero-order chi connectivity index (χ0) is 12.3. The van der Waals surface area contributed by atoms with Crippen LogP contribution in [0.4, 0.5) is 0 Å². The number of ether oxygens (including phenoxy) is 1. The smallest absolute Gasteiger partial charge is 0.243 e. The summed E-state index contributed by atoms with van der Waals surface area (Å²) in [6, 6.07) is 8.49. The van der Waals surface area contributed by atoms with E-state index in [1.807, 2.05) is 6.08 Å². The van der Waals surface area contributed by atoms with Crippen LogP contribution in [0.25, 0.3) is 0 Å². The van der Waals surface area contributed by atoms with Crippen LogP contribution in [0, 0.1) is 0 Å². The van der Waals surface area contributed by atoms with Gasteiger partial charge in [-0.3, -0.25) is 0 Å². The Hall–Kier alpha value is -1.33. The van der Waals surface area contributed by atoms with Crippen LogP contribution in [0.2, 0.25) is 0 Å². The first-order chi connectivity index (χ1) is 8.14. The molecule has 1 aliphatic rings. The monoisotopic (exact) mass is 253 g/mol. The Morgan fingerprint density at radius 1 is 1.24 bits per heavy atom. The van der Waals surface area contributed by atoms with Crippen molar-refractivity contribution in [2.45, 2.75) is 11.3 Å². The first kappa shape index (κ1) is 12.1. The maximum atomic E-state index is 12.2. The highest BCUT2D eigenvalue weighted by molar-refractivity contribution is 7.89. The Balaban J connectivity index is 2.22. The molecule has 0 radical (unpaired) electrons. The highest BCUT2D eigenvalue weighted by Crippen LogP contribution is 2.20. The van der Waals surface area contributed by atoms with Crippen LogP contribution in [-0.2, 0) is 14.8 Å². The van der Waals surface area contributed by atoms with Crippen molar-refractivity contribution in [3.63, 3.8) is 0 Å². The molecule has 0 unspecified atom stereocenters. The van der Waals surface area contributed by atoms with Gasteiger partial charge in [0.1, 0.15) is 0 Å². The normalized spacial score (nSPS) is 17.6. The quantitative estimate of drug-likeness (QED) is 0.822. The lowest BCUT2D eigenvalue weighted by Crippen LogP contribution is -2.35.